The summed E-state index contributed by atoms with van der Waals surface area (Å²) in [6.07, 6.45) is 3.73. The normalized spacial score (nSPS) is 23.1. The van der Waals surface area contributed by atoms with E-state index in [-0.39, 0.29) is 10.9 Å². The van der Waals surface area contributed by atoms with Gasteiger partial charge in [-0.1, -0.05) is 31.0 Å². The van der Waals surface area contributed by atoms with Gasteiger partial charge in [0.2, 0.25) is 5.91 Å². The number of amides is 1. The van der Waals surface area contributed by atoms with Gasteiger partial charge in [-0.2, -0.15) is 0 Å². The lowest BCUT2D eigenvalue weighted by Crippen LogP contribution is -2.44. The highest BCUT2D eigenvalue weighted by Crippen LogP contribution is 2.18. The fourth-order valence-corrected chi connectivity index (χ4v) is 3.35. The molecule has 0 bridgehead atoms. The minimum absolute atomic E-state index is 0.145. The average Bonchev–Trinajstić information content (AvgIpc) is 2.49. The Labute approximate surface area is 124 Å². The first-order valence-corrected chi connectivity index (χ1v) is 8.50. The highest BCUT2D eigenvalue weighted by molar-refractivity contribution is 7.94. The Bertz CT molecular complexity index is 610. The zero-order valence-corrected chi connectivity index (χ0v) is 12.4. The highest BCUT2D eigenvalue weighted by Gasteiger charge is 2.23. The molecule has 2 atom stereocenters. The lowest BCUT2D eigenvalue weighted by molar-refractivity contribution is -0.118. The molecule has 0 aliphatic heterocycles. The summed E-state index contributed by atoms with van der Waals surface area (Å²) in [5.74, 6) is -0.500. The van der Waals surface area contributed by atoms with Gasteiger partial charge in [-0.05, 0) is 25.0 Å². The van der Waals surface area contributed by atoms with E-state index in [1.165, 1.54) is 12.1 Å². The number of sulfone groups is 1. The van der Waals surface area contributed by atoms with E-state index in [1.807, 2.05) is 0 Å². The van der Waals surface area contributed by atoms with E-state index in [9.17, 15) is 18.3 Å². The summed E-state index contributed by atoms with van der Waals surface area (Å²) in [6.45, 7) is 0. The molecule has 114 valence electrons. The molecule has 1 aliphatic rings. The second-order valence-electron chi connectivity index (χ2n) is 5.13. The van der Waals surface area contributed by atoms with E-state index in [2.05, 4.69) is 5.32 Å². The molecule has 5 nitrogen and oxygen atoms in total. The Balaban J connectivity index is 1.99. The number of aliphatic hydroxyl groups excluding tert-OH is 1. The number of nitrogens with one attached hydrogen (secondary N) is 1. The zero-order valence-electron chi connectivity index (χ0n) is 11.6. The lowest BCUT2D eigenvalue weighted by atomic mass is 9.92. The Morgan fingerprint density at radius 3 is 2.52 bits per heavy atom. The third-order valence-electron chi connectivity index (χ3n) is 3.53. The van der Waals surface area contributed by atoms with Crippen LogP contribution in [0.25, 0.3) is 0 Å². The van der Waals surface area contributed by atoms with Gasteiger partial charge in [0.15, 0.2) is 9.84 Å². The smallest absolute Gasteiger partial charge is 0.244 e. The summed E-state index contributed by atoms with van der Waals surface area (Å²) in [4.78, 5) is 11.9. The zero-order chi connectivity index (χ0) is 15.3. The molecule has 0 saturated heterocycles. The van der Waals surface area contributed by atoms with Crippen LogP contribution < -0.4 is 5.32 Å². The molecule has 0 radical (unpaired) electrons. The van der Waals surface area contributed by atoms with Crippen LogP contribution in [0.3, 0.4) is 0 Å². The molecule has 2 N–H and O–H groups in total. The van der Waals surface area contributed by atoms with Crippen LogP contribution in [0, 0.1) is 0 Å². The van der Waals surface area contributed by atoms with Crippen LogP contribution in [-0.4, -0.2) is 31.6 Å². The van der Waals surface area contributed by atoms with Crippen molar-refractivity contribution in [3.05, 3.63) is 41.8 Å². The Morgan fingerprint density at radius 1 is 1.19 bits per heavy atom. The van der Waals surface area contributed by atoms with Gasteiger partial charge in [0.25, 0.3) is 0 Å². The molecular formula is C15H19NO4S. The van der Waals surface area contributed by atoms with Crippen molar-refractivity contribution < 1.29 is 18.3 Å². The first-order chi connectivity index (χ1) is 9.99. The molecule has 1 aromatic rings. The van der Waals surface area contributed by atoms with Crippen molar-refractivity contribution in [2.45, 2.75) is 42.7 Å². The molecule has 6 heteroatoms. The Kier molecular flexibility index (Phi) is 5.14. The molecule has 1 saturated carbocycles. The number of carbonyl (C=O) groups is 1. The van der Waals surface area contributed by atoms with Crippen molar-refractivity contribution in [2.75, 3.05) is 0 Å². The number of rotatable bonds is 4. The SMILES string of the molecule is O=C(/C=C/S(=O)(=O)c1ccccc1)N[C@@H]1CCCC[C@H]1O. The topological polar surface area (TPSA) is 83.5 Å². The summed E-state index contributed by atoms with van der Waals surface area (Å²) in [6, 6.07) is 7.62. The molecular weight excluding hydrogens is 290 g/mol. The first kappa shape index (κ1) is 15.7. The van der Waals surface area contributed by atoms with Crippen LogP contribution in [0.2, 0.25) is 0 Å². The predicted molar refractivity (Wildman–Crippen MR) is 79.2 cm³/mol. The van der Waals surface area contributed by atoms with Crippen LogP contribution in [0.15, 0.2) is 46.7 Å². The Morgan fingerprint density at radius 2 is 1.86 bits per heavy atom. The van der Waals surface area contributed by atoms with E-state index in [1.54, 1.807) is 18.2 Å². The van der Waals surface area contributed by atoms with Crippen LogP contribution in [-0.2, 0) is 14.6 Å². The van der Waals surface area contributed by atoms with E-state index < -0.39 is 21.8 Å². The van der Waals surface area contributed by atoms with Gasteiger partial charge in [0, 0.05) is 11.5 Å². The van der Waals surface area contributed by atoms with Gasteiger partial charge in [-0.15, -0.1) is 0 Å². The molecule has 0 aromatic heterocycles. The molecule has 0 unspecified atom stereocenters. The highest BCUT2D eigenvalue weighted by atomic mass is 32.2. The number of hydrogen-bond donors (Lipinski definition) is 2. The van der Waals surface area contributed by atoms with Gasteiger partial charge in [-0.25, -0.2) is 8.42 Å². The average molecular weight is 309 g/mol. The van der Waals surface area contributed by atoms with Crippen LogP contribution in [0.5, 0.6) is 0 Å². The summed E-state index contributed by atoms with van der Waals surface area (Å²) in [5, 5.41) is 13.3. The predicted octanol–water partition coefficient (Wildman–Crippen LogP) is 1.39. The second kappa shape index (κ2) is 6.87. The number of benzene rings is 1. The minimum Gasteiger partial charge on any atom is -0.391 e. The van der Waals surface area contributed by atoms with Crippen molar-refractivity contribution in [1.82, 2.24) is 5.32 Å². The third kappa shape index (κ3) is 4.41. The summed E-state index contributed by atoms with van der Waals surface area (Å²) < 4.78 is 24.0. The van der Waals surface area contributed by atoms with Crippen molar-refractivity contribution in [1.29, 1.82) is 0 Å². The second-order valence-corrected chi connectivity index (χ2v) is 6.96. The van der Waals surface area contributed by atoms with Crippen LogP contribution >= 0.6 is 0 Å². The molecule has 0 spiro atoms. The summed E-state index contributed by atoms with van der Waals surface area (Å²) in [5.41, 5.74) is 0. The number of hydrogen-bond acceptors (Lipinski definition) is 4. The largest absolute Gasteiger partial charge is 0.391 e. The van der Waals surface area contributed by atoms with E-state index >= 15 is 0 Å². The maximum atomic E-state index is 12.0. The molecule has 1 amide bonds. The molecule has 1 fully saturated rings. The van der Waals surface area contributed by atoms with Gasteiger partial charge in [0.05, 0.1) is 17.0 Å². The fraction of sp³-hybridized carbons (Fsp3) is 0.400. The quantitative estimate of drug-likeness (QED) is 0.823. The number of aliphatic hydroxyl groups is 1. The van der Waals surface area contributed by atoms with E-state index in [0.717, 1.165) is 24.3 Å². The minimum atomic E-state index is -3.61. The monoisotopic (exact) mass is 309 g/mol. The van der Waals surface area contributed by atoms with Gasteiger partial charge >= 0.3 is 0 Å². The van der Waals surface area contributed by atoms with Crippen molar-refractivity contribution in [3.8, 4) is 0 Å². The van der Waals surface area contributed by atoms with Crippen LogP contribution in [0.1, 0.15) is 25.7 Å². The third-order valence-corrected chi connectivity index (χ3v) is 4.95. The van der Waals surface area contributed by atoms with Crippen molar-refractivity contribution in [3.63, 3.8) is 0 Å². The van der Waals surface area contributed by atoms with Gasteiger partial charge in [-0.3, -0.25) is 4.79 Å². The molecule has 1 aromatic carbocycles. The maximum Gasteiger partial charge on any atom is 0.244 e. The summed E-state index contributed by atoms with van der Waals surface area (Å²) in [7, 11) is -3.61. The number of carbonyl (C=O) groups excluding carboxylic acids is 1. The Hall–Kier alpha value is -1.66. The van der Waals surface area contributed by atoms with Gasteiger partial charge in [0.1, 0.15) is 0 Å². The fourth-order valence-electron chi connectivity index (χ4n) is 2.35. The molecule has 2 rings (SSSR count). The maximum absolute atomic E-state index is 12.0. The van der Waals surface area contributed by atoms with E-state index in [4.69, 9.17) is 0 Å². The lowest BCUT2D eigenvalue weighted by Gasteiger charge is -2.27. The van der Waals surface area contributed by atoms with Crippen molar-refractivity contribution in [2.24, 2.45) is 0 Å². The van der Waals surface area contributed by atoms with Crippen LogP contribution in [0.4, 0.5) is 0 Å². The molecule has 0 heterocycles. The molecule has 21 heavy (non-hydrogen) atoms. The van der Waals surface area contributed by atoms with E-state index in [0.29, 0.717) is 12.8 Å². The molecule has 1 aliphatic carbocycles. The first-order valence-electron chi connectivity index (χ1n) is 6.96. The van der Waals surface area contributed by atoms with Gasteiger partial charge < -0.3 is 10.4 Å². The standard InChI is InChI=1S/C15H19NO4S/c17-14-9-5-4-8-13(14)16-15(18)10-11-21(19,20)12-6-2-1-3-7-12/h1-3,6-7,10-11,13-14,17H,4-5,8-9H2,(H,16,18)/b11-10+/t13-,14-/m1/s1. The van der Waals surface area contributed by atoms with Crippen molar-refractivity contribution >= 4 is 15.7 Å². The summed E-state index contributed by atoms with van der Waals surface area (Å²) >= 11 is 0.